The van der Waals surface area contributed by atoms with Crippen LogP contribution in [0.5, 0.6) is 0 Å². The first kappa shape index (κ1) is 12.1. The maximum absolute atomic E-state index is 5.46. The number of hydrogen-bond donors (Lipinski definition) is 1. The molecular formula is C14H17NO2. The summed E-state index contributed by atoms with van der Waals surface area (Å²) in [5.41, 5.74) is 2.06. The van der Waals surface area contributed by atoms with Crippen molar-refractivity contribution in [3.8, 4) is 11.8 Å². The normalized spacial score (nSPS) is 15.6. The first-order valence-corrected chi connectivity index (χ1v) is 5.87. The van der Waals surface area contributed by atoms with Crippen molar-refractivity contribution in [3.63, 3.8) is 0 Å². The Balaban J connectivity index is 2.02. The van der Waals surface area contributed by atoms with Crippen molar-refractivity contribution >= 4 is 0 Å². The van der Waals surface area contributed by atoms with Gasteiger partial charge in [0.25, 0.3) is 0 Å². The third-order valence-electron chi connectivity index (χ3n) is 2.51. The molecule has 0 atom stereocenters. The Kier molecular flexibility index (Phi) is 4.57. The highest BCUT2D eigenvalue weighted by Gasteiger charge is 2.17. The van der Waals surface area contributed by atoms with Crippen LogP contribution in [0.3, 0.4) is 0 Å². The molecule has 0 aromatic heterocycles. The zero-order valence-corrected chi connectivity index (χ0v) is 10.0. The molecule has 90 valence electrons. The molecule has 3 heteroatoms. The van der Waals surface area contributed by atoms with Crippen LogP contribution >= 0.6 is 0 Å². The molecule has 3 nitrogen and oxygen atoms in total. The van der Waals surface area contributed by atoms with Crippen molar-refractivity contribution in [2.45, 2.75) is 12.7 Å². The SMILES string of the molecule is CNCCC#Cc1cccc(C2OCCO2)c1. The van der Waals surface area contributed by atoms with E-state index in [1.807, 2.05) is 31.3 Å². The number of nitrogens with one attached hydrogen (secondary N) is 1. The summed E-state index contributed by atoms with van der Waals surface area (Å²) in [5, 5.41) is 3.07. The second-order valence-corrected chi connectivity index (χ2v) is 3.85. The van der Waals surface area contributed by atoms with Crippen LogP contribution in [0.1, 0.15) is 23.8 Å². The van der Waals surface area contributed by atoms with E-state index < -0.39 is 0 Å². The van der Waals surface area contributed by atoms with Crippen LogP contribution in [-0.2, 0) is 9.47 Å². The minimum absolute atomic E-state index is 0.214. The molecule has 1 aliphatic heterocycles. The second-order valence-electron chi connectivity index (χ2n) is 3.85. The smallest absolute Gasteiger partial charge is 0.184 e. The summed E-state index contributed by atoms with van der Waals surface area (Å²) in [5.74, 6) is 6.27. The van der Waals surface area contributed by atoms with Crippen LogP contribution in [0.4, 0.5) is 0 Å². The summed E-state index contributed by atoms with van der Waals surface area (Å²) in [6, 6.07) is 8.03. The fraction of sp³-hybridized carbons (Fsp3) is 0.429. The molecule has 0 saturated carbocycles. The van der Waals surface area contributed by atoms with Crippen molar-refractivity contribution in [1.29, 1.82) is 0 Å². The van der Waals surface area contributed by atoms with Gasteiger partial charge in [-0.3, -0.25) is 0 Å². The van der Waals surface area contributed by atoms with Crippen molar-refractivity contribution in [3.05, 3.63) is 35.4 Å². The first-order valence-electron chi connectivity index (χ1n) is 5.87. The van der Waals surface area contributed by atoms with E-state index in [9.17, 15) is 0 Å². The standard InChI is InChI=1S/C14H17NO2/c1-15-8-3-2-5-12-6-4-7-13(11-12)14-16-9-10-17-14/h4,6-7,11,14-15H,3,8-10H2,1H3. The topological polar surface area (TPSA) is 30.5 Å². The van der Waals surface area contributed by atoms with Gasteiger partial charge in [0.1, 0.15) is 0 Å². The maximum atomic E-state index is 5.46. The summed E-state index contributed by atoms with van der Waals surface area (Å²) >= 11 is 0. The van der Waals surface area contributed by atoms with E-state index >= 15 is 0 Å². The monoisotopic (exact) mass is 231 g/mol. The lowest BCUT2D eigenvalue weighted by Gasteiger charge is -2.08. The van der Waals surface area contributed by atoms with Crippen LogP contribution in [0.15, 0.2) is 24.3 Å². The van der Waals surface area contributed by atoms with Crippen molar-refractivity contribution < 1.29 is 9.47 Å². The van der Waals surface area contributed by atoms with Gasteiger partial charge in [0, 0.05) is 24.1 Å². The zero-order valence-electron chi connectivity index (χ0n) is 10.0. The molecule has 1 heterocycles. The molecule has 17 heavy (non-hydrogen) atoms. The summed E-state index contributed by atoms with van der Waals surface area (Å²) < 4.78 is 10.9. The Morgan fingerprint density at radius 3 is 2.94 bits per heavy atom. The Labute approximate surface area is 102 Å². The molecule has 0 unspecified atom stereocenters. The molecule has 0 aliphatic carbocycles. The number of benzene rings is 1. The minimum Gasteiger partial charge on any atom is -0.346 e. The Morgan fingerprint density at radius 1 is 1.35 bits per heavy atom. The van der Waals surface area contributed by atoms with Crippen LogP contribution < -0.4 is 5.32 Å². The number of hydrogen-bond acceptors (Lipinski definition) is 3. The highest BCUT2D eigenvalue weighted by Crippen LogP contribution is 2.23. The van der Waals surface area contributed by atoms with Gasteiger partial charge in [-0.25, -0.2) is 0 Å². The van der Waals surface area contributed by atoms with E-state index in [0.29, 0.717) is 13.2 Å². The third-order valence-corrected chi connectivity index (χ3v) is 2.51. The largest absolute Gasteiger partial charge is 0.346 e. The van der Waals surface area contributed by atoms with Gasteiger partial charge in [-0.1, -0.05) is 24.0 Å². The van der Waals surface area contributed by atoms with Gasteiger partial charge < -0.3 is 14.8 Å². The van der Waals surface area contributed by atoms with Crippen molar-refractivity contribution in [2.75, 3.05) is 26.8 Å². The average molecular weight is 231 g/mol. The number of rotatable bonds is 3. The molecule has 1 fully saturated rings. The van der Waals surface area contributed by atoms with Crippen LogP contribution in [0, 0.1) is 11.8 Å². The molecule has 1 aromatic carbocycles. The van der Waals surface area contributed by atoms with E-state index in [1.165, 1.54) is 0 Å². The lowest BCUT2D eigenvalue weighted by molar-refractivity contribution is -0.0441. The molecular weight excluding hydrogens is 214 g/mol. The Morgan fingerprint density at radius 2 is 2.18 bits per heavy atom. The van der Waals surface area contributed by atoms with Crippen molar-refractivity contribution in [1.82, 2.24) is 5.32 Å². The fourth-order valence-electron chi connectivity index (χ4n) is 1.67. The molecule has 1 aliphatic rings. The summed E-state index contributed by atoms with van der Waals surface area (Å²) in [4.78, 5) is 0. The Hall–Kier alpha value is -1.34. The van der Waals surface area contributed by atoms with Gasteiger partial charge in [-0.15, -0.1) is 0 Å². The van der Waals surface area contributed by atoms with Gasteiger partial charge in [0.2, 0.25) is 0 Å². The van der Waals surface area contributed by atoms with Crippen LogP contribution in [0.25, 0.3) is 0 Å². The summed E-state index contributed by atoms with van der Waals surface area (Å²) in [6.07, 6.45) is 0.644. The van der Waals surface area contributed by atoms with Gasteiger partial charge in [0.05, 0.1) is 13.2 Å². The third kappa shape index (κ3) is 3.57. The molecule has 1 aromatic rings. The van der Waals surface area contributed by atoms with Gasteiger partial charge >= 0.3 is 0 Å². The average Bonchev–Trinajstić information content (AvgIpc) is 2.89. The molecule has 1 saturated heterocycles. The predicted octanol–water partition coefficient (Wildman–Crippen LogP) is 1.69. The van der Waals surface area contributed by atoms with E-state index in [-0.39, 0.29) is 6.29 Å². The molecule has 0 amide bonds. The lowest BCUT2D eigenvalue weighted by atomic mass is 10.1. The summed E-state index contributed by atoms with van der Waals surface area (Å²) in [7, 11) is 1.93. The van der Waals surface area contributed by atoms with E-state index in [1.54, 1.807) is 0 Å². The van der Waals surface area contributed by atoms with Crippen molar-refractivity contribution in [2.24, 2.45) is 0 Å². The quantitative estimate of drug-likeness (QED) is 0.634. The minimum atomic E-state index is -0.214. The predicted molar refractivity (Wildman–Crippen MR) is 66.5 cm³/mol. The molecule has 2 rings (SSSR count). The van der Waals surface area contributed by atoms with E-state index in [2.05, 4.69) is 17.2 Å². The maximum Gasteiger partial charge on any atom is 0.184 e. The highest BCUT2D eigenvalue weighted by molar-refractivity contribution is 5.37. The first-order chi connectivity index (χ1) is 8.40. The molecule has 0 bridgehead atoms. The van der Waals surface area contributed by atoms with Crippen LogP contribution in [0.2, 0.25) is 0 Å². The zero-order chi connectivity index (χ0) is 11.9. The van der Waals surface area contributed by atoms with E-state index in [0.717, 1.165) is 24.1 Å². The molecule has 0 radical (unpaired) electrons. The fourth-order valence-corrected chi connectivity index (χ4v) is 1.67. The lowest BCUT2D eigenvalue weighted by Crippen LogP contribution is -2.05. The number of ether oxygens (including phenoxy) is 2. The second kappa shape index (κ2) is 6.41. The van der Waals surface area contributed by atoms with Gasteiger partial charge in [-0.05, 0) is 19.2 Å². The Bertz CT molecular complexity index is 414. The van der Waals surface area contributed by atoms with Gasteiger partial charge in [-0.2, -0.15) is 0 Å². The molecule has 1 N–H and O–H groups in total. The summed E-state index contributed by atoms with van der Waals surface area (Å²) in [6.45, 7) is 2.26. The van der Waals surface area contributed by atoms with Gasteiger partial charge in [0.15, 0.2) is 6.29 Å². The highest BCUT2D eigenvalue weighted by atomic mass is 16.7. The van der Waals surface area contributed by atoms with E-state index in [4.69, 9.17) is 9.47 Å². The van der Waals surface area contributed by atoms with Crippen LogP contribution in [-0.4, -0.2) is 26.8 Å². The molecule has 0 spiro atoms.